The predicted octanol–water partition coefficient (Wildman–Crippen LogP) is 0.885. The summed E-state index contributed by atoms with van der Waals surface area (Å²) in [5, 5.41) is 10.7. The normalized spacial score (nSPS) is 31.9. The SMILES string of the molecule is C#CC1(OC2(O)CCCC2)CC(CC)OC1n1ccc(=O)[nH]c1=O. The highest BCUT2D eigenvalue weighted by Crippen LogP contribution is 2.46. The standard InChI is InChI=1S/C17H22N2O5/c1-3-12-11-16(4-2,24-17(22)8-5-6-9-17)14(23-12)19-10-7-13(20)18-15(19)21/h2,7,10,12,14,22H,3,5-6,8-9,11H2,1H3,(H,18,20,21). The largest absolute Gasteiger partial charge is 0.365 e. The fourth-order valence-corrected chi connectivity index (χ4v) is 3.54. The van der Waals surface area contributed by atoms with Crippen LogP contribution in [-0.4, -0.2) is 32.1 Å². The Morgan fingerprint density at radius 1 is 1.50 bits per heavy atom. The Hall–Kier alpha value is -1.88. The molecule has 1 aromatic heterocycles. The zero-order valence-electron chi connectivity index (χ0n) is 13.7. The molecule has 24 heavy (non-hydrogen) atoms. The number of aromatic nitrogens is 2. The molecule has 130 valence electrons. The highest BCUT2D eigenvalue weighted by molar-refractivity contribution is 5.17. The first-order valence-corrected chi connectivity index (χ1v) is 8.29. The van der Waals surface area contributed by atoms with Gasteiger partial charge in [-0.1, -0.05) is 12.8 Å². The molecule has 3 atom stereocenters. The summed E-state index contributed by atoms with van der Waals surface area (Å²) >= 11 is 0. The van der Waals surface area contributed by atoms with Crippen molar-refractivity contribution in [1.82, 2.24) is 9.55 Å². The van der Waals surface area contributed by atoms with E-state index in [2.05, 4.69) is 10.9 Å². The quantitative estimate of drug-likeness (QED) is 0.630. The molecule has 0 radical (unpaired) electrons. The maximum Gasteiger partial charge on any atom is 0.330 e. The fourth-order valence-electron chi connectivity index (χ4n) is 3.54. The van der Waals surface area contributed by atoms with Crippen molar-refractivity contribution in [3.05, 3.63) is 33.1 Å². The maximum atomic E-state index is 12.2. The lowest BCUT2D eigenvalue weighted by atomic mass is 9.96. The van der Waals surface area contributed by atoms with E-state index in [9.17, 15) is 14.7 Å². The number of aromatic amines is 1. The minimum absolute atomic E-state index is 0.199. The molecule has 1 aliphatic carbocycles. The van der Waals surface area contributed by atoms with Crippen LogP contribution in [0.4, 0.5) is 0 Å². The van der Waals surface area contributed by atoms with Gasteiger partial charge in [-0.05, 0) is 19.3 Å². The van der Waals surface area contributed by atoms with Crippen molar-refractivity contribution in [3.8, 4) is 12.3 Å². The Labute approximate surface area is 139 Å². The van der Waals surface area contributed by atoms with E-state index in [1.54, 1.807) is 0 Å². The Morgan fingerprint density at radius 3 is 2.79 bits per heavy atom. The van der Waals surface area contributed by atoms with E-state index in [4.69, 9.17) is 15.9 Å². The molecule has 7 heteroatoms. The number of ether oxygens (including phenoxy) is 2. The van der Waals surface area contributed by atoms with Crippen LogP contribution in [0.1, 0.15) is 51.7 Å². The van der Waals surface area contributed by atoms with E-state index >= 15 is 0 Å². The van der Waals surface area contributed by atoms with E-state index < -0.39 is 28.9 Å². The van der Waals surface area contributed by atoms with Gasteiger partial charge in [0, 0.05) is 31.5 Å². The summed E-state index contributed by atoms with van der Waals surface area (Å²) in [5.74, 6) is 1.32. The third-order valence-electron chi connectivity index (χ3n) is 4.81. The van der Waals surface area contributed by atoms with Crippen LogP contribution in [-0.2, 0) is 9.47 Å². The van der Waals surface area contributed by atoms with Crippen molar-refractivity contribution in [2.24, 2.45) is 0 Å². The minimum atomic E-state index is -1.30. The molecular formula is C17H22N2O5. The van der Waals surface area contributed by atoms with Crippen LogP contribution >= 0.6 is 0 Å². The van der Waals surface area contributed by atoms with E-state index in [1.165, 1.54) is 16.8 Å². The molecule has 3 rings (SSSR count). The lowest BCUT2D eigenvalue weighted by molar-refractivity contribution is -0.263. The summed E-state index contributed by atoms with van der Waals surface area (Å²) in [7, 11) is 0. The Morgan fingerprint density at radius 2 is 2.21 bits per heavy atom. The van der Waals surface area contributed by atoms with E-state index in [1.807, 2.05) is 6.92 Å². The smallest absolute Gasteiger partial charge is 0.330 e. The van der Waals surface area contributed by atoms with Crippen LogP contribution in [0.2, 0.25) is 0 Å². The van der Waals surface area contributed by atoms with E-state index in [0.717, 1.165) is 12.8 Å². The number of nitrogens with one attached hydrogen (secondary N) is 1. The van der Waals surface area contributed by atoms with Crippen molar-refractivity contribution in [1.29, 1.82) is 0 Å². The number of hydrogen-bond acceptors (Lipinski definition) is 5. The van der Waals surface area contributed by atoms with Gasteiger partial charge in [-0.15, -0.1) is 6.42 Å². The molecule has 0 aromatic carbocycles. The van der Waals surface area contributed by atoms with Crippen molar-refractivity contribution >= 4 is 0 Å². The summed E-state index contributed by atoms with van der Waals surface area (Å²) in [4.78, 5) is 25.7. The highest BCUT2D eigenvalue weighted by Gasteiger charge is 2.54. The van der Waals surface area contributed by atoms with Crippen LogP contribution < -0.4 is 11.2 Å². The van der Waals surface area contributed by atoms with Gasteiger partial charge in [0.15, 0.2) is 17.6 Å². The third kappa shape index (κ3) is 2.93. The highest BCUT2D eigenvalue weighted by atomic mass is 16.7. The van der Waals surface area contributed by atoms with Crippen molar-refractivity contribution < 1.29 is 14.6 Å². The number of nitrogens with zero attached hydrogens (tertiary/aromatic N) is 1. The van der Waals surface area contributed by atoms with E-state index in [0.29, 0.717) is 25.7 Å². The molecule has 2 fully saturated rings. The summed E-state index contributed by atoms with van der Waals surface area (Å²) in [6.07, 6.45) is 9.81. The van der Waals surface area contributed by atoms with Gasteiger partial charge in [0.2, 0.25) is 0 Å². The topological polar surface area (TPSA) is 93.5 Å². The zero-order valence-corrected chi connectivity index (χ0v) is 13.7. The van der Waals surface area contributed by atoms with Gasteiger partial charge < -0.3 is 14.6 Å². The van der Waals surface area contributed by atoms with Gasteiger partial charge in [-0.3, -0.25) is 14.3 Å². The van der Waals surface area contributed by atoms with Crippen LogP contribution in [0.3, 0.4) is 0 Å². The second-order valence-corrected chi connectivity index (χ2v) is 6.53. The summed E-state index contributed by atoms with van der Waals surface area (Å²) in [5.41, 5.74) is -2.38. The average Bonchev–Trinajstić information content (AvgIpc) is 3.12. The molecular weight excluding hydrogens is 312 g/mol. The maximum absolute atomic E-state index is 12.2. The van der Waals surface area contributed by atoms with E-state index in [-0.39, 0.29) is 6.10 Å². The Bertz CT molecular complexity index is 755. The molecule has 0 spiro atoms. The van der Waals surface area contributed by atoms with Gasteiger partial charge in [0.05, 0.1) is 6.10 Å². The number of rotatable bonds is 4. The molecule has 2 aliphatic rings. The second-order valence-electron chi connectivity index (χ2n) is 6.53. The van der Waals surface area contributed by atoms with Crippen molar-refractivity contribution in [3.63, 3.8) is 0 Å². The molecule has 0 bridgehead atoms. The second kappa shape index (κ2) is 6.20. The summed E-state index contributed by atoms with van der Waals surface area (Å²) in [6, 6.07) is 1.23. The zero-order chi connectivity index (χ0) is 17.4. The molecule has 3 unspecified atom stereocenters. The fraction of sp³-hybridized carbons (Fsp3) is 0.647. The van der Waals surface area contributed by atoms with Gasteiger partial charge >= 0.3 is 5.69 Å². The first kappa shape index (κ1) is 17.0. The monoisotopic (exact) mass is 334 g/mol. The van der Waals surface area contributed by atoms with Gasteiger partial charge in [0.25, 0.3) is 5.56 Å². The van der Waals surface area contributed by atoms with Crippen LogP contribution in [0.25, 0.3) is 0 Å². The average molecular weight is 334 g/mol. The summed E-state index contributed by atoms with van der Waals surface area (Å²) in [6.45, 7) is 1.95. The number of hydrogen-bond donors (Lipinski definition) is 2. The minimum Gasteiger partial charge on any atom is -0.365 e. The number of terminal acetylenes is 1. The van der Waals surface area contributed by atoms with Crippen LogP contribution in [0.5, 0.6) is 0 Å². The molecule has 7 nitrogen and oxygen atoms in total. The number of aliphatic hydroxyl groups is 1. The van der Waals surface area contributed by atoms with Crippen molar-refractivity contribution in [2.45, 2.75) is 69.2 Å². The molecule has 1 saturated heterocycles. The Balaban J connectivity index is 2.02. The van der Waals surface area contributed by atoms with Gasteiger partial charge in [0.1, 0.15) is 0 Å². The first-order chi connectivity index (χ1) is 11.4. The lowest BCUT2D eigenvalue weighted by Crippen LogP contribution is -2.48. The molecule has 1 saturated carbocycles. The molecule has 2 heterocycles. The van der Waals surface area contributed by atoms with Crippen LogP contribution in [0.15, 0.2) is 21.9 Å². The van der Waals surface area contributed by atoms with Gasteiger partial charge in [-0.25, -0.2) is 4.79 Å². The lowest BCUT2D eigenvalue weighted by Gasteiger charge is -2.36. The first-order valence-electron chi connectivity index (χ1n) is 8.29. The molecule has 1 aromatic rings. The number of H-pyrrole nitrogens is 1. The van der Waals surface area contributed by atoms with Crippen molar-refractivity contribution in [2.75, 3.05) is 0 Å². The Kier molecular flexibility index (Phi) is 4.38. The van der Waals surface area contributed by atoms with Gasteiger partial charge in [-0.2, -0.15) is 0 Å². The summed E-state index contributed by atoms with van der Waals surface area (Å²) < 4.78 is 13.2. The predicted molar refractivity (Wildman–Crippen MR) is 86.2 cm³/mol. The third-order valence-corrected chi connectivity index (χ3v) is 4.81. The molecule has 0 amide bonds. The van der Waals surface area contributed by atoms with Crippen LogP contribution in [0, 0.1) is 12.3 Å². The molecule has 1 aliphatic heterocycles. The molecule has 2 N–H and O–H groups in total.